The summed E-state index contributed by atoms with van der Waals surface area (Å²) in [5.74, 6) is 0.426. The molecular weight excluding hydrogens is 354 g/mol. The van der Waals surface area contributed by atoms with Crippen LogP contribution in [0.1, 0.15) is 41.7 Å². The van der Waals surface area contributed by atoms with Crippen molar-refractivity contribution in [1.82, 2.24) is 4.90 Å². The Kier molecular flexibility index (Phi) is 6.85. The van der Waals surface area contributed by atoms with E-state index >= 15 is 0 Å². The second kappa shape index (κ2) is 9.53. The number of aliphatic hydroxyl groups excluding tert-OH is 1. The van der Waals surface area contributed by atoms with E-state index in [1.165, 1.54) is 18.7 Å². The Morgan fingerprint density at radius 2 is 1.89 bits per heavy atom. The van der Waals surface area contributed by atoms with E-state index in [-0.39, 0.29) is 5.97 Å². The van der Waals surface area contributed by atoms with Crippen molar-refractivity contribution >= 4 is 12.0 Å². The molecule has 1 saturated heterocycles. The van der Waals surface area contributed by atoms with Gasteiger partial charge >= 0.3 is 5.97 Å². The number of carbonyl (C=O) groups is 1. The number of ether oxygens (including phenoxy) is 2. The van der Waals surface area contributed by atoms with Gasteiger partial charge in [0, 0.05) is 18.7 Å². The molecule has 0 spiro atoms. The van der Waals surface area contributed by atoms with E-state index in [4.69, 9.17) is 4.74 Å². The molecule has 0 amide bonds. The fraction of sp³-hybridized carbons (Fsp3) is 0.348. The minimum absolute atomic E-state index is 0.298. The minimum atomic E-state index is -0.534. The molecule has 1 unspecified atom stereocenters. The summed E-state index contributed by atoms with van der Waals surface area (Å²) >= 11 is 0. The van der Waals surface area contributed by atoms with Crippen molar-refractivity contribution in [2.75, 3.05) is 27.3 Å². The quantitative estimate of drug-likeness (QED) is 0.585. The Hall–Kier alpha value is -2.63. The Balaban J connectivity index is 1.65. The van der Waals surface area contributed by atoms with Crippen molar-refractivity contribution < 1.29 is 19.4 Å². The molecule has 28 heavy (non-hydrogen) atoms. The summed E-state index contributed by atoms with van der Waals surface area (Å²) in [7, 11) is 3.00. The smallest absolute Gasteiger partial charge is 0.330 e. The number of β-amino-alcohol motifs (C(OH)–C–C–N with tert-alkyl or cyclic N) is 1. The number of carbonyl (C=O) groups excluding carboxylic acids is 1. The van der Waals surface area contributed by atoms with E-state index in [0.717, 1.165) is 36.3 Å². The molecular formula is C23H27NO4. The molecule has 0 saturated carbocycles. The Morgan fingerprint density at radius 1 is 1.18 bits per heavy atom. The number of aliphatic hydroxyl groups is 1. The largest absolute Gasteiger partial charge is 0.497 e. The predicted molar refractivity (Wildman–Crippen MR) is 109 cm³/mol. The number of likely N-dealkylation sites (tertiary alicyclic amines) is 1. The van der Waals surface area contributed by atoms with Gasteiger partial charge in [-0.1, -0.05) is 36.4 Å². The number of benzene rings is 2. The lowest BCUT2D eigenvalue weighted by Gasteiger charge is -2.27. The summed E-state index contributed by atoms with van der Waals surface area (Å²) in [5, 5.41) is 10.7. The standard InChI is InChI=1S/C23H27NO4/c1-27-20-12-10-19(11-13-20)22(25)16-24-15-3-4-21(24)18-8-5-17(6-9-18)7-14-23(26)28-2/h5-14,21-22,25H,3-4,15-16H2,1-2H3/b14-7+/t21?,22-/m1/s1. The van der Waals surface area contributed by atoms with Crippen LogP contribution in [0.25, 0.3) is 6.08 Å². The van der Waals surface area contributed by atoms with Crippen molar-refractivity contribution in [3.05, 3.63) is 71.3 Å². The van der Waals surface area contributed by atoms with Crippen LogP contribution in [-0.4, -0.2) is 43.3 Å². The molecule has 0 bridgehead atoms. The van der Waals surface area contributed by atoms with Gasteiger partial charge in [0.15, 0.2) is 0 Å². The normalized spacial score (nSPS) is 18.3. The SMILES string of the molecule is COC(=O)/C=C/c1ccc(C2CCCN2C[C@@H](O)c2ccc(OC)cc2)cc1. The molecule has 1 heterocycles. The lowest BCUT2D eigenvalue weighted by molar-refractivity contribution is -0.134. The highest BCUT2D eigenvalue weighted by atomic mass is 16.5. The van der Waals surface area contributed by atoms with Gasteiger partial charge in [-0.15, -0.1) is 0 Å². The molecule has 5 nitrogen and oxygen atoms in total. The van der Waals surface area contributed by atoms with Gasteiger partial charge < -0.3 is 14.6 Å². The summed E-state index contributed by atoms with van der Waals surface area (Å²) in [6.07, 6.45) is 4.82. The van der Waals surface area contributed by atoms with Gasteiger partial charge in [-0.25, -0.2) is 4.79 Å². The lowest BCUT2D eigenvalue weighted by Crippen LogP contribution is -2.28. The molecule has 2 atom stereocenters. The zero-order chi connectivity index (χ0) is 19.9. The Morgan fingerprint density at radius 3 is 2.54 bits per heavy atom. The first-order valence-corrected chi connectivity index (χ1v) is 9.52. The number of hydrogen-bond donors (Lipinski definition) is 1. The molecule has 3 rings (SSSR count). The van der Waals surface area contributed by atoms with Gasteiger partial charge in [-0.05, 0) is 54.3 Å². The molecule has 148 valence electrons. The maximum absolute atomic E-state index is 11.2. The Bertz CT molecular complexity index is 798. The van der Waals surface area contributed by atoms with Gasteiger partial charge in [-0.2, -0.15) is 0 Å². The molecule has 0 aromatic heterocycles. The third kappa shape index (κ3) is 5.00. The van der Waals surface area contributed by atoms with E-state index < -0.39 is 6.10 Å². The number of hydrogen-bond acceptors (Lipinski definition) is 5. The van der Waals surface area contributed by atoms with Gasteiger partial charge in [0.2, 0.25) is 0 Å². The number of esters is 1. The van der Waals surface area contributed by atoms with Crippen molar-refractivity contribution in [3.63, 3.8) is 0 Å². The second-order valence-corrected chi connectivity index (χ2v) is 6.97. The fourth-order valence-corrected chi connectivity index (χ4v) is 3.64. The van der Waals surface area contributed by atoms with Gasteiger partial charge in [0.1, 0.15) is 5.75 Å². The maximum Gasteiger partial charge on any atom is 0.330 e. The van der Waals surface area contributed by atoms with Crippen LogP contribution in [0, 0.1) is 0 Å². The highest BCUT2D eigenvalue weighted by Crippen LogP contribution is 2.33. The fourth-order valence-electron chi connectivity index (χ4n) is 3.64. The van der Waals surface area contributed by atoms with E-state index in [0.29, 0.717) is 12.6 Å². The van der Waals surface area contributed by atoms with Crippen LogP contribution >= 0.6 is 0 Å². The summed E-state index contributed by atoms with van der Waals surface area (Å²) < 4.78 is 9.80. The van der Waals surface area contributed by atoms with E-state index in [9.17, 15) is 9.90 Å². The number of nitrogens with zero attached hydrogens (tertiary/aromatic N) is 1. The third-order valence-corrected chi connectivity index (χ3v) is 5.21. The molecule has 1 fully saturated rings. The first kappa shape index (κ1) is 20.1. The summed E-state index contributed by atoms with van der Waals surface area (Å²) in [5.41, 5.74) is 3.08. The minimum Gasteiger partial charge on any atom is -0.497 e. The summed E-state index contributed by atoms with van der Waals surface area (Å²) in [4.78, 5) is 13.6. The number of methoxy groups -OCH3 is 2. The van der Waals surface area contributed by atoms with E-state index in [2.05, 4.69) is 21.8 Å². The van der Waals surface area contributed by atoms with Crippen LogP contribution in [0.5, 0.6) is 5.75 Å². The zero-order valence-corrected chi connectivity index (χ0v) is 16.4. The molecule has 2 aromatic carbocycles. The molecule has 0 aliphatic carbocycles. The number of rotatable bonds is 7. The van der Waals surface area contributed by atoms with Crippen LogP contribution < -0.4 is 4.74 Å². The maximum atomic E-state index is 11.2. The van der Waals surface area contributed by atoms with Gasteiger partial charge in [0.25, 0.3) is 0 Å². The molecule has 2 aromatic rings. The molecule has 0 radical (unpaired) electrons. The van der Waals surface area contributed by atoms with Crippen LogP contribution in [0.2, 0.25) is 0 Å². The molecule has 1 N–H and O–H groups in total. The van der Waals surface area contributed by atoms with E-state index in [1.807, 2.05) is 36.4 Å². The lowest BCUT2D eigenvalue weighted by atomic mass is 10.0. The molecule has 1 aliphatic heterocycles. The summed E-state index contributed by atoms with van der Waals surface area (Å²) in [6, 6.07) is 16.1. The second-order valence-electron chi connectivity index (χ2n) is 6.97. The van der Waals surface area contributed by atoms with Crippen LogP contribution in [-0.2, 0) is 9.53 Å². The van der Waals surface area contributed by atoms with Crippen LogP contribution in [0.15, 0.2) is 54.6 Å². The van der Waals surface area contributed by atoms with Crippen molar-refractivity contribution in [1.29, 1.82) is 0 Å². The monoisotopic (exact) mass is 381 g/mol. The van der Waals surface area contributed by atoms with E-state index in [1.54, 1.807) is 13.2 Å². The molecule has 1 aliphatic rings. The van der Waals surface area contributed by atoms with Gasteiger partial charge in [-0.3, -0.25) is 4.90 Å². The van der Waals surface area contributed by atoms with Crippen LogP contribution in [0.3, 0.4) is 0 Å². The first-order valence-electron chi connectivity index (χ1n) is 9.52. The topological polar surface area (TPSA) is 59.0 Å². The van der Waals surface area contributed by atoms with Crippen molar-refractivity contribution in [3.8, 4) is 5.75 Å². The zero-order valence-electron chi connectivity index (χ0n) is 16.4. The highest BCUT2D eigenvalue weighted by molar-refractivity contribution is 5.86. The Labute approximate surface area is 166 Å². The summed E-state index contributed by atoms with van der Waals surface area (Å²) in [6.45, 7) is 1.57. The average Bonchev–Trinajstić information content (AvgIpc) is 3.20. The van der Waals surface area contributed by atoms with Gasteiger partial charge in [0.05, 0.1) is 20.3 Å². The van der Waals surface area contributed by atoms with Crippen molar-refractivity contribution in [2.24, 2.45) is 0 Å². The average molecular weight is 381 g/mol. The highest BCUT2D eigenvalue weighted by Gasteiger charge is 2.27. The third-order valence-electron chi connectivity index (χ3n) is 5.21. The van der Waals surface area contributed by atoms with Crippen molar-refractivity contribution in [2.45, 2.75) is 25.0 Å². The first-order chi connectivity index (χ1) is 13.6. The van der Waals surface area contributed by atoms with Crippen LogP contribution in [0.4, 0.5) is 0 Å². The molecule has 5 heteroatoms. The predicted octanol–water partition coefficient (Wildman–Crippen LogP) is 3.75.